The molecule has 0 unspecified atom stereocenters. The number of ether oxygens (including phenoxy) is 1. The third-order valence-electron chi connectivity index (χ3n) is 6.07. The van der Waals surface area contributed by atoms with Crippen molar-refractivity contribution in [3.05, 3.63) is 94.4 Å². The van der Waals surface area contributed by atoms with E-state index in [2.05, 4.69) is 36.3 Å². The number of thioether (sulfide) groups is 1. The molecule has 0 atom stereocenters. The maximum absolute atomic E-state index is 12.5. The van der Waals surface area contributed by atoms with Crippen LogP contribution in [0.5, 0.6) is 5.75 Å². The van der Waals surface area contributed by atoms with Crippen LogP contribution in [0.3, 0.4) is 0 Å². The van der Waals surface area contributed by atoms with E-state index in [0.29, 0.717) is 34.0 Å². The summed E-state index contributed by atoms with van der Waals surface area (Å²) in [5, 5.41) is 3.16. The van der Waals surface area contributed by atoms with Gasteiger partial charge in [-0.2, -0.15) is 8.42 Å². The van der Waals surface area contributed by atoms with Crippen molar-refractivity contribution in [3.8, 4) is 5.75 Å². The summed E-state index contributed by atoms with van der Waals surface area (Å²) in [5.41, 5.74) is 4.03. The standard InChI is InChI=1S/C28H26N4O5S2/c1-18(2)21-7-13-24(14-8-21)37-17-20-5-3-19(4-6-20)15-25-27(34)30-28(38-25)29-22-9-11-23(12-10-22)32-16-26(33)31-39(32,35)36/h3-15,18H,16-17H2,1-2H3,(H,31,33)(H,29,30,34)/b25-15+. The van der Waals surface area contributed by atoms with Crippen molar-refractivity contribution in [1.29, 1.82) is 0 Å². The molecule has 200 valence electrons. The molecule has 2 saturated heterocycles. The molecular formula is C28H26N4O5S2. The first-order chi connectivity index (χ1) is 18.7. The molecule has 0 aromatic heterocycles. The van der Waals surface area contributed by atoms with E-state index in [1.165, 1.54) is 17.3 Å². The van der Waals surface area contributed by atoms with Crippen molar-refractivity contribution in [2.75, 3.05) is 10.8 Å². The van der Waals surface area contributed by atoms with E-state index in [9.17, 15) is 18.0 Å². The Morgan fingerprint density at radius 2 is 1.69 bits per heavy atom. The van der Waals surface area contributed by atoms with Crippen molar-refractivity contribution in [2.45, 2.75) is 26.4 Å². The Balaban J connectivity index is 1.20. The molecule has 2 N–H and O–H groups in total. The lowest BCUT2D eigenvalue weighted by atomic mass is 10.0. The SMILES string of the molecule is CC(C)c1ccc(OCc2ccc(/C=C3/SC(=Nc4ccc(N5CC(=O)NS5(=O)=O)cc4)NC3=O)cc2)cc1. The van der Waals surface area contributed by atoms with Crippen LogP contribution >= 0.6 is 11.8 Å². The number of amides is 2. The quantitative estimate of drug-likeness (QED) is 0.411. The maximum atomic E-state index is 12.5. The minimum atomic E-state index is -3.87. The van der Waals surface area contributed by atoms with E-state index < -0.39 is 16.1 Å². The fourth-order valence-electron chi connectivity index (χ4n) is 3.94. The second-order valence-corrected chi connectivity index (χ2v) is 11.9. The highest BCUT2D eigenvalue weighted by atomic mass is 32.2. The lowest BCUT2D eigenvalue weighted by molar-refractivity contribution is -0.117. The molecule has 0 bridgehead atoms. The van der Waals surface area contributed by atoms with Crippen LogP contribution < -0.4 is 19.1 Å². The number of nitrogens with one attached hydrogen (secondary N) is 2. The minimum Gasteiger partial charge on any atom is -0.489 e. The third kappa shape index (κ3) is 6.32. The molecule has 2 aliphatic rings. The van der Waals surface area contributed by atoms with Gasteiger partial charge in [0.2, 0.25) is 0 Å². The molecule has 0 radical (unpaired) electrons. The lowest BCUT2D eigenvalue weighted by Crippen LogP contribution is -2.29. The molecule has 5 rings (SSSR count). The summed E-state index contributed by atoms with van der Waals surface area (Å²) in [6, 6.07) is 22.3. The Labute approximate surface area is 231 Å². The van der Waals surface area contributed by atoms with E-state index in [1.807, 2.05) is 41.1 Å². The van der Waals surface area contributed by atoms with Crippen molar-refractivity contribution in [1.82, 2.24) is 10.0 Å². The first-order valence-corrected chi connectivity index (χ1v) is 14.5. The number of amidine groups is 1. The number of hydrogen-bond acceptors (Lipinski definition) is 7. The summed E-state index contributed by atoms with van der Waals surface area (Å²) >= 11 is 1.22. The van der Waals surface area contributed by atoms with Crippen molar-refractivity contribution in [2.24, 2.45) is 4.99 Å². The van der Waals surface area contributed by atoms with E-state index in [4.69, 9.17) is 4.74 Å². The van der Waals surface area contributed by atoms with Crippen LogP contribution in [0.2, 0.25) is 0 Å². The van der Waals surface area contributed by atoms with Crippen LogP contribution in [0.1, 0.15) is 36.5 Å². The molecule has 11 heteroatoms. The highest BCUT2D eigenvalue weighted by Gasteiger charge is 2.33. The zero-order valence-electron chi connectivity index (χ0n) is 21.2. The first-order valence-electron chi connectivity index (χ1n) is 12.2. The van der Waals surface area contributed by atoms with E-state index in [-0.39, 0.29) is 12.5 Å². The van der Waals surface area contributed by atoms with Crippen molar-refractivity contribution in [3.63, 3.8) is 0 Å². The summed E-state index contributed by atoms with van der Waals surface area (Å²) in [6.07, 6.45) is 1.79. The van der Waals surface area contributed by atoms with Gasteiger partial charge in [-0.1, -0.05) is 50.2 Å². The minimum absolute atomic E-state index is 0.250. The molecule has 3 aromatic rings. The van der Waals surface area contributed by atoms with Gasteiger partial charge < -0.3 is 10.1 Å². The smallest absolute Gasteiger partial charge is 0.326 e. The number of rotatable bonds is 7. The summed E-state index contributed by atoms with van der Waals surface area (Å²) in [5.74, 6) is 0.461. The van der Waals surface area contributed by atoms with Gasteiger partial charge in [0.25, 0.3) is 11.8 Å². The van der Waals surface area contributed by atoms with Gasteiger partial charge in [-0.05, 0) is 76.8 Å². The van der Waals surface area contributed by atoms with Gasteiger partial charge in [0.15, 0.2) is 5.17 Å². The molecule has 9 nitrogen and oxygen atoms in total. The Hall–Kier alpha value is -4.09. The number of hydrogen-bond donors (Lipinski definition) is 2. The maximum Gasteiger partial charge on any atom is 0.326 e. The molecule has 2 amide bonds. The molecule has 3 aromatic carbocycles. The number of nitrogens with zero attached hydrogens (tertiary/aromatic N) is 2. The van der Waals surface area contributed by atoms with E-state index in [0.717, 1.165) is 21.2 Å². The van der Waals surface area contributed by atoms with Crippen LogP contribution in [-0.4, -0.2) is 31.9 Å². The molecule has 2 aliphatic heterocycles. The largest absolute Gasteiger partial charge is 0.489 e. The highest BCUT2D eigenvalue weighted by molar-refractivity contribution is 8.18. The van der Waals surface area contributed by atoms with Gasteiger partial charge in [-0.3, -0.25) is 9.59 Å². The predicted octanol–water partition coefficient (Wildman–Crippen LogP) is 4.46. The van der Waals surface area contributed by atoms with Crippen LogP contribution in [0.15, 0.2) is 82.7 Å². The van der Waals surface area contributed by atoms with Crippen molar-refractivity contribution < 1.29 is 22.7 Å². The summed E-state index contributed by atoms with van der Waals surface area (Å²) in [4.78, 5) is 28.9. The average molecular weight is 563 g/mol. The number of benzene rings is 3. The van der Waals surface area contributed by atoms with Gasteiger partial charge >= 0.3 is 10.2 Å². The monoisotopic (exact) mass is 562 g/mol. The van der Waals surface area contributed by atoms with Gasteiger partial charge in [0.1, 0.15) is 18.9 Å². The second-order valence-electron chi connectivity index (χ2n) is 9.29. The number of aliphatic imine (C=N–C) groups is 1. The Morgan fingerprint density at radius 3 is 2.31 bits per heavy atom. The molecule has 0 saturated carbocycles. The average Bonchev–Trinajstić information content (AvgIpc) is 3.39. The van der Waals surface area contributed by atoms with E-state index in [1.54, 1.807) is 30.3 Å². The van der Waals surface area contributed by atoms with Gasteiger partial charge in [-0.25, -0.2) is 14.0 Å². The number of carbonyl (C=O) groups excluding carboxylic acids is 2. The summed E-state index contributed by atoms with van der Waals surface area (Å²) in [7, 11) is -3.87. The van der Waals surface area contributed by atoms with Gasteiger partial charge in [-0.15, -0.1) is 0 Å². The molecule has 2 fully saturated rings. The second kappa shape index (κ2) is 11.0. The van der Waals surface area contributed by atoms with Crippen LogP contribution in [0.4, 0.5) is 11.4 Å². The van der Waals surface area contributed by atoms with E-state index >= 15 is 0 Å². The fraction of sp³-hybridized carbons (Fsp3) is 0.179. The molecule has 0 aliphatic carbocycles. The Kier molecular flexibility index (Phi) is 7.45. The first kappa shape index (κ1) is 26.5. The molecular weight excluding hydrogens is 536 g/mol. The summed E-state index contributed by atoms with van der Waals surface area (Å²) < 4.78 is 32.8. The zero-order valence-corrected chi connectivity index (χ0v) is 22.9. The molecule has 2 heterocycles. The molecule has 39 heavy (non-hydrogen) atoms. The Morgan fingerprint density at radius 1 is 1.00 bits per heavy atom. The molecule has 0 spiro atoms. The number of anilines is 1. The van der Waals surface area contributed by atoms with Gasteiger partial charge in [0, 0.05) is 0 Å². The zero-order chi connectivity index (χ0) is 27.6. The van der Waals surface area contributed by atoms with Crippen LogP contribution in [0.25, 0.3) is 6.08 Å². The third-order valence-corrected chi connectivity index (χ3v) is 8.38. The van der Waals surface area contributed by atoms with Crippen LogP contribution in [0, 0.1) is 0 Å². The topological polar surface area (TPSA) is 117 Å². The predicted molar refractivity (Wildman–Crippen MR) is 153 cm³/mol. The Bertz CT molecular complexity index is 1560. The summed E-state index contributed by atoms with van der Waals surface area (Å²) in [6.45, 7) is 4.49. The number of carbonyl (C=O) groups is 2. The van der Waals surface area contributed by atoms with Gasteiger partial charge in [0.05, 0.1) is 16.3 Å². The normalized spacial score (nSPS) is 18.6. The highest BCUT2D eigenvalue weighted by Crippen LogP contribution is 2.29. The van der Waals surface area contributed by atoms with Crippen LogP contribution in [-0.2, 0) is 26.4 Å². The lowest BCUT2D eigenvalue weighted by Gasteiger charge is -2.14. The van der Waals surface area contributed by atoms with Crippen molar-refractivity contribution >= 4 is 56.4 Å². The fourth-order valence-corrected chi connectivity index (χ4v) is 5.94.